The topological polar surface area (TPSA) is 67.4 Å². The molecular weight excluding hydrogens is 288 g/mol. The van der Waals surface area contributed by atoms with Gasteiger partial charge in [0.25, 0.3) is 0 Å². The third-order valence-electron chi connectivity index (χ3n) is 2.67. The Morgan fingerprint density at radius 3 is 2.62 bits per heavy atom. The summed E-state index contributed by atoms with van der Waals surface area (Å²) in [6, 6.07) is 7.73. The molecule has 2 N–H and O–H groups in total. The van der Waals surface area contributed by atoms with Gasteiger partial charge in [0, 0.05) is 24.2 Å². The lowest BCUT2D eigenvalue weighted by Gasteiger charge is -2.25. The molecule has 0 spiro atoms. The minimum atomic E-state index is -3.22. The van der Waals surface area contributed by atoms with E-state index >= 15 is 0 Å². The summed E-state index contributed by atoms with van der Waals surface area (Å²) in [5.41, 5.74) is 0.472. The van der Waals surface area contributed by atoms with Gasteiger partial charge in [-0.25, -0.2) is 13.1 Å². The molecule has 0 saturated carbocycles. The number of ether oxygens (including phenoxy) is 1. The van der Waals surface area contributed by atoms with E-state index in [9.17, 15) is 8.42 Å². The van der Waals surface area contributed by atoms with Crippen molar-refractivity contribution in [1.82, 2.24) is 10.0 Å². The molecule has 0 unspecified atom stereocenters. The van der Waals surface area contributed by atoms with Crippen LogP contribution >= 0.6 is 0 Å². The van der Waals surface area contributed by atoms with E-state index in [0.29, 0.717) is 19.7 Å². The number of benzene rings is 1. The molecule has 118 valence electrons. The second kappa shape index (κ2) is 7.59. The van der Waals surface area contributed by atoms with E-state index in [2.05, 4.69) is 16.6 Å². The largest absolute Gasteiger partial charge is 0.489 e. The van der Waals surface area contributed by atoms with Crippen LogP contribution in [0.2, 0.25) is 0 Å². The Hall–Kier alpha value is -1.37. The molecule has 0 saturated heterocycles. The van der Waals surface area contributed by atoms with Crippen LogP contribution in [0, 0.1) is 0 Å². The standard InChI is InChI=1S/C15H24N2O3S/c1-5-10-20-14-9-7-6-8-13(14)11-16-12-15(2,3)17-21(4,18)19/h5-9,16-17H,1,10-12H2,2-4H3. The molecule has 0 aliphatic heterocycles. The van der Waals surface area contributed by atoms with E-state index in [1.54, 1.807) is 6.08 Å². The van der Waals surface area contributed by atoms with Gasteiger partial charge in [-0.05, 0) is 19.9 Å². The highest BCUT2D eigenvalue weighted by Gasteiger charge is 2.21. The molecule has 5 nitrogen and oxygen atoms in total. The fourth-order valence-corrected chi connectivity index (χ4v) is 3.06. The van der Waals surface area contributed by atoms with Crippen molar-refractivity contribution in [3.05, 3.63) is 42.5 Å². The Kier molecular flexibility index (Phi) is 6.39. The molecule has 0 aliphatic carbocycles. The summed E-state index contributed by atoms with van der Waals surface area (Å²) in [7, 11) is -3.22. The van der Waals surface area contributed by atoms with Gasteiger partial charge in [-0.2, -0.15) is 0 Å². The van der Waals surface area contributed by atoms with Gasteiger partial charge in [-0.1, -0.05) is 30.9 Å². The maximum Gasteiger partial charge on any atom is 0.209 e. The predicted octanol–water partition coefficient (Wildman–Crippen LogP) is 1.67. The van der Waals surface area contributed by atoms with Crippen molar-refractivity contribution in [2.75, 3.05) is 19.4 Å². The lowest BCUT2D eigenvalue weighted by Crippen LogP contribution is -2.49. The molecule has 6 heteroatoms. The first-order valence-corrected chi connectivity index (χ1v) is 8.64. The SMILES string of the molecule is C=CCOc1ccccc1CNCC(C)(C)NS(C)(=O)=O. The number of hydrogen-bond acceptors (Lipinski definition) is 4. The van der Waals surface area contributed by atoms with Crippen LogP contribution in [-0.2, 0) is 16.6 Å². The zero-order chi connectivity index (χ0) is 15.9. The van der Waals surface area contributed by atoms with E-state index < -0.39 is 15.6 Å². The summed E-state index contributed by atoms with van der Waals surface area (Å²) in [5.74, 6) is 0.804. The third-order valence-corrected chi connectivity index (χ3v) is 3.60. The van der Waals surface area contributed by atoms with Gasteiger partial charge >= 0.3 is 0 Å². The highest BCUT2D eigenvalue weighted by Crippen LogP contribution is 2.17. The fraction of sp³-hybridized carbons (Fsp3) is 0.467. The van der Waals surface area contributed by atoms with Crippen molar-refractivity contribution in [2.24, 2.45) is 0 Å². The number of sulfonamides is 1. The van der Waals surface area contributed by atoms with E-state index in [4.69, 9.17) is 4.74 Å². The van der Waals surface area contributed by atoms with E-state index in [1.165, 1.54) is 0 Å². The summed E-state index contributed by atoms with van der Waals surface area (Å²) in [6.07, 6.45) is 2.86. The van der Waals surface area contributed by atoms with Crippen molar-refractivity contribution < 1.29 is 13.2 Å². The molecule has 1 aromatic rings. The van der Waals surface area contributed by atoms with Gasteiger partial charge in [0.15, 0.2) is 0 Å². The molecule has 0 radical (unpaired) electrons. The van der Waals surface area contributed by atoms with Gasteiger partial charge < -0.3 is 10.1 Å². The molecule has 21 heavy (non-hydrogen) atoms. The predicted molar refractivity (Wildman–Crippen MR) is 85.9 cm³/mol. The highest BCUT2D eigenvalue weighted by atomic mass is 32.2. The van der Waals surface area contributed by atoms with Crippen molar-refractivity contribution in [3.63, 3.8) is 0 Å². The van der Waals surface area contributed by atoms with Gasteiger partial charge in [0.05, 0.1) is 6.26 Å². The molecular formula is C15H24N2O3S. The first-order chi connectivity index (χ1) is 9.73. The van der Waals surface area contributed by atoms with Crippen LogP contribution in [0.5, 0.6) is 5.75 Å². The summed E-state index contributed by atoms with van der Waals surface area (Å²) in [6.45, 7) is 8.86. The number of para-hydroxylation sites is 1. The van der Waals surface area contributed by atoms with Crippen LogP contribution in [0.25, 0.3) is 0 Å². The molecule has 0 heterocycles. The van der Waals surface area contributed by atoms with Crippen molar-refractivity contribution >= 4 is 10.0 Å². The monoisotopic (exact) mass is 312 g/mol. The Balaban J connectivity index is 2.57. The summed E-state index contributed by atoms with van der Waals surface area (Å²) >= 11 is 0. The molecule has 0 aromatic heterocycles. The highest BCUT2D eigenvalue weighted by molar-refractivity contribution is 7.88. The molecule has 0 bridgehead atoms. The van der Waals surface area contributed by atoms with Gasteiger partial charge in [0.2, 0.25) is 10.0 Å². The Morgan fingerprint density at radius 2 is 2.00 bits per heavy atom. The van der Waals surface area contributed by atoms with Crippen LogP contribution in [0.4, 0.5) is 0 Å². The zero-order valence-corrected chi connectivity index (χ0v) is 13.7. The molecule has 0 atom stereocenters. The lowest BCUT2D eigenvalue weighted by molar-refractivity contribution is 0.355. The van der Waals surface area contributed by atoms with E-state index in [-0.39, 0.29) is 0 Å². The summed E-state index contributed by atoms with van der Waals surface area (Å²) in [5, 5.41) is 3.25. The van der Waals surface area contributed by atoms with E-state index in [1.807, 2.05) is 38.1 Å². The number of nitrogens with one attached hydrogen (secondary N) is 2. The number of hydrogen-bond donors (Lipinski definition) is 2. The quantitative estimate of drug-likeness (QED) is 0.681. The molecule has 0 fully saturated rings. The Bertz CT molecular complexity index is 568. The minimum absolute atomic E-state index is 0.456. The van der Waals surface area contributed by atoms with E-state index in [0.717, 1.165) is 17.6 Å². The average Bonchev–Trinajstić information content (AvgIpc) is 2.34. The van der Waals surface area contributed by atoms with Crippen molar-refractivity contribution in [3.8, 4) is 5.75 Å². The maximum atomic E-state index is 11.3. The molecule has 1 aromatic carbocycles. The van der Waals surface area contributed by atoms with Gasteiger partial charge in [0.1, 0.15) is 12.4 Å². The smallest absolute Gasteiger partial charge is 0.209 e. The zero-order valence-electron chi connectivity index (χ0n) is 12.8. The molecule has 1 rings (SSSR count). The third kappa shape index (κ3) is 7.27. The minimum Gasteiger partial charge on any atom is -0.489 e. The fourth-order valence-electron chi connectivity index (χ4n) is 1.99. The Morgan fingerprint density at radius 1 is 1.33 bits per heavy atom. The first kappa shape index (κ1) is 17.7. The van der Waals surface area contributed by atoms with Crippen LogP contribution in [0.1, 0.15) is 19.4 Å². The second-order valence-corrected chi connectivity index (χ2v) is 7.32. The summed E-state index contributed by atoms with van der Waals surface area (Å²) in [4.78, 5) is 0. The maximum absolute atomic E-state index is 11.3. The Labute approximate surface area is 127 Å². The normalized spacial score (nSPS) is 12.1. The van der Waals surface area contributed by atoms with Crippen molar-refractivity contribution in [1.29, 1.82) is 0 Å². The average molecular weight is 312 g/mol. The second-order valence-electron chi connectivity index (χ2n) is 5.57. The van der Waals surface area contributed by atoms with Gasteiger partial charge in [-0.15, -0.1) is 0 Å². The van der Waals surface area contributed by atoms with Crippen LogP contribution < -0.4 is 14.8 Å². The number of rotatable bonds is 9. The lowest BCUT2D eigenvalue weighted by atomic mass is 10.1. The summed E-state index contributed by atoms with van der Waals surface area (Å²) < 4.78 is 30.7. The van der Waals surface area contributed by atoms with Crippen LogP contribution in [0.3, 0.4) is 0 Å². The molecule has 0 amide bonds. The van der Waals surface area contributed by atoms with Crippen LogP contribution in [-0.4, -0.2) is 33.4 Å². The van der Waals surface area contributed by atoms with Gasteiger partial charge in [-0.3, -0.25) is 0 Å². The van der Waals surface area contributed by atoms with Crippen molar-refractivity contribution in [2.45, 2.75) is 25.9 Å². The first-order valence-electron chi connectivity index (χ1n) is 6.75. The molecule has 0 aliphatic rings. The van der Waals surface area contributed by atoms with Crippen LogP contribution in [0.15, 0.2) is 36.9 Å².